The van der Waals surface area contributed by atoms with Crippen LogP contribution in [0.15, 0.2) is 42.6 Å². The van der Waals surface area contributed by atoms with Crippen molar-refractivity contribution in [2.45, 2.75) is 51.2 Å². The van der Waals surface area contributed by atoms with Crippen molar-refractivity contribution in [1.82, 2.24) is 15.6 Å². The Kier molecular flexibility index (Phi) is 6.70. The molecule has 1 saturated carbocycles. The minimum absolute atomic E-state index is 0.0763. The van der Waals surface area contributed by atoms with Crippen molar-refractivity contribution in [1.29, 1.82) is 0 Å². The van der Waals surface area contributed by atoms with Crippen molar-refractivity contribution >= 4 is 12.0 Å². The molecule has 7 heteroatoms. The summed E-state index contributed by atoms with van der Waals surface area (Å²) < 4.78 is 18.9. The number of nitrogens with one attached hydrogen (secondary N) is 2. The van der Waals surface area contributed by atoms with Gasteiger partial charge in [0.05, 0.1) is 11.3 Å². The standard InChI is InChI=1S/C23H28FN3O3/c1-23(2,30-22(29)25-3)17-8-10-19(11-9-17)27-21(28)16-7-12-20(26-14-16)15-5-4-6-18(24)13-15/h4-7,12-14,17,19H,8-11H2,1-3H3,(H,25,29)(H,27,28)/t17-,19-. The molecule has 0 aliphatic heterocycles. The minimum Gasteiger partial charge on any atom is -0.443 e. The van der Waals surface area contributed by atoms with Crippen LogP contribution in [-0.4, -0.2) is 35.7 Å². The fourth-order valence-electron chi connectivity index (χ4n) is 3.92. The van der Waals surface area contributed by atoms with E-state index in [0.717, 1.165) is 25.7 Å². The number of ether oxygens (including phenoxy) is 1. The number of amides is 2. The molecule has 160 valence electrons. The maximum atomic E-state index is 13.4. The second-order valence-corrected chi connectivity index (χ2v) is 8.21. The zero-order valence-corrected chi connectivity index (χ0v) is 17.6. The number of alkyl carbamates (subject to hydrolysis) is 1. The SMILES string of the molecule is CNC(=O)OC(C)(C)[C@H]1CC[C@H](NC(=O)c2ccc(-c3cccc(F)c3)nc2)CC1. The van der Waals surface area contributed by atoms with Gasteiger partial charge < -0.3 is 15.4 Å². The molecule has 1 fully saturated rings. The summed E-state index contributed by atoms with van der Waals surface area (Å²) in [5.41, 5.74) is 1.21. The van der Waals surface area contributed by atoms with E-state index >= 15 is 0 Å². The highest BCUT2D eigenvalue weighted by Gasteiger charge is 2.36. The highest BCUT2D eigenvalue weighted by molar-refractivity contribution is 5.94. The molecule has 1 aromatic heterocycles. The normalized spacial score (nSPS) is 19.1. The first-order valence-corrected chi connectivity index (χ1v) is 10.2. The Morgan fingerprint density at radius 1 is 1.13 bits per heavy atom. The van der Waals surface area contributed by atoms with Crippen molar-refractivity contribution in [3.05, 3.63) is 54.0 Å². The molecule has 2 aromatic rings. The van der Waals surface area contributed by atoms with Gasteiger partial charge in [-0.1, -0.05) is 12.1 Å². The molecule has 3 rings (SSSR count). The van der Waals surface area contributed by atoms with Gasteiger partial charge in [0, 0.05) is 24.8 Å². The summed E-state index contributed by atoms with van der Waals surface area (Å²) in [7, 11) is 1.55. The average Bonchev–Trinajstić information content (AvgIpc) is 2.74. The first-order chi connectivity index (χ1) is 14.3. The topological polar surface area (TPSA) is 80.3 Å². The van der Waals surface area contributed by atoms with Crippen LogP contribution in [0.5, 0.6) is 0 Å². The quantitative estimate of drug-likeness (QED) is 0.765. The zero-order chi connectivity index (χ0) is 21.7. The predicted octanol–water partition coefficient (Wildman–Crippen LogP) is 4.31. The molecular weight excluding hydrogens is 385 g/mol. The van der Waals surface area contributed by atoms with E-state index in [1.807, 2.05) is 13.8 Å². The fraction of sp³-hybridized carbons (Fsp3) is 0.435. The number of hydrogen-bond acceptors (Lipinski definition) is 4. The Bertz CT molecular complexity index is 891. The Balaban J connectivity index is 1.54. The Morgan fingerprint density at radius 2 is 1.87 bits per heavy atom. The number of carbonyl (C=O) groups is 2. The lowest BCUT2D eigenvalue weighted by atomic mass is 9.77. The number of carbonyl (C=O) groups excluding carboxylic acids is 2. The highest BCUT2D eigenvalue weighted by atomic mass is 19.1. The summed E-state index contributed by atoms with van der Waals surface area (Å²) >= 11 is 0. The lowest BCUT2D eigenvalue weighted by molar-refractivity contribution is -0.0200. The van der Waals surface area contributed by atoms with Gasteiger partial charge in [-0.25, -0.2) is 9.18 Å². The van der Waals surface area contributed by atoms with E-state index in [1.54, 1.807) is 31.3 Å². The van der Waals surface area contributed by atoms with E-state index < -0.39 is 11.7 Å². The van der Waals surface area contributed by atoms with Crippen LogP contribution in [0.4, 0.5) is 9.18 Å². The number of hydrogen-bond donors (Lipinski definition) is 2. The van der Waals surface area contributed by atoms with E-state index in [-0.39, 0.29) is 23.7 Å². The molecule has 0 spiro atoms. The minimum atomic E-state index is -0.550. The molecule has 6 nitrogen and oxygen atoms in total. The van der Waals surface area contributed by atoms with E-state index in [1.165, 1.54) is 18.3 Å². The summed E-state index contributed by atoms with van der Waals surface area (Å²) in [6.45, 7) is 3.86. The van der Waals surface area contributed by atoms with Gasteiger partial charge in [0.25, 0.3) is 5.91 Å². The molecule has 2 N–H and O–H groups in total. The first-order valence-electron chi connectivity index (χ1n) is 10.2. The molecule has 0 radical (unpaired) electrons. The van der Waals surface area contributed by atoms with Crippen molar-refractivity contribution in [2.75, 3.05) is 7.05 Å². The van der Waals surface area contributed by atoms with Crippen LogP contribution in [0.3, 0.4) is 0 Å². The van der Waals surface area contributed by atoms with Gasteiger partial charge in [-0.2, -0.15) is 0 Å². The zero-order valence-electron chi connectivity index (χ0n) is 17.6. The second-order valence-electron chi connectivity index (χ2n) is 8.21. The lowest BCUT2D eigenvalue weighted by Crippen LogP contribution is -2.44. The van der Waals surface area contributed by atoms with Crippen LogP contribution in [0, 0.1) is 11.7 Å². The molecule has 0 unspecified atom stereocenters. The number of aromatic nitrogens is 1. The highest BCUT2D eigenvalue weighted by Crippen LogP contribution is 2.35. The van der Waals surface area contributed by atoms with Crippen molar-refractivity contribution < 1.29 is 18.7 Å². The summed E-state index contributed by atoms with van der Waals surface area (Å²) in [5, 5.41) is 5.56. The van der Waals surface area contributed by atoms with Gasteiger partial charge in [-0.05, 0) is 69.7 Å². The fourth-order valence-corrected chi connectivity index (χ4v) is 3.92. The number of rotatable bonds is 5. The number of halogens is 1. The summed E-state index contributed by atoms with van der Waals surface area (Å²) in [4.78, 5) is 28.4. The van der Waals surface area contributed by atoms with E-state index in [0.29, 0.717) is 16.8 Å². The number of pyridine rings is 1. The molecule has 1 aromatic carbocycles. The van der Waals surface area contributed by atoms with E-state index in [4.69, 9.17) is 4.74 Å². The van der Waals surface area contributed by atoms with Gasteiger partial charge in [-0.15, -0.1) is 0 Å². The monoisotopic (exact) mass is 413 g/mol. The number of benzene rings is 1. The molecule has 1 aliphatic carbocycles. The van der Waals surface area contributed by atoms with Crippen LogP contribution in [-0.2, 0) is 4.74 Å². The van der Waals surface area contributed by atoms with Gasteiger partial charge in [-0.3, -0.25) is 9.78 Å². The molecule has 0 saturated heterocycles. The first kappa shape index (κ1) is 21.7. The number of nitrogens with zero attached hydrogens (tertiary/aromatic N) is 1. The van der Waals surface area contributed by atoms with E-state index in [9.17, 15) is 14.0 Å². The van der Waals surface area contributed by atoms with Crippen LogP contribution in [0.2, 0.25) is 0 Å². The Labute approximate surface area is 176 Å². The van der Waals surface area contributed by atoms with Gasteiger partial charge in [0.1, 0.15) is 11.4 Å². The Morgan fingerprint density at radius 3 is 2.47 bits per heavy atom. The summed E-state index contributed by atoms with van der Waals surface area (Å²) in [5.74, 6) is -0.247. The Hall–Kier alpha value is -2.96. The smallest absolute Gasteiger partial charge is 0.407 e. The predicted molar refractivity (Wildman–Crippen MR) is 112 cm³/mol. The van der Waals surface area contributed by atoms with Crippen molar-refractivity contribution in [2.24, 2.45) is 5.92 Å². The largest absolute Gasteiger partial charge is 0.443 e. The molecule has 1 heterocycles. The van der Waals surface area contributed by atoms with Crippen LogP contribution in [0.25, 0.3) is 11.3 Å². The molecule has 0 atom stereocenters. The molecule has 2 amide bonds. The molecular formula is C23H28FN3O3. The third-order valence-corrected chi connectivity index (χ3v) is 5.75. The second kappa shape index (κ2) is 9.24. The third-order valence-electron chi connectivity index (χ3n) is 5.75. The summed E-state index contributed by atoms with van der Waals surface area (Å²) in [6, 6.07) is 9.70. The van der Waals surface area contributed by atoms with Crippen molar-refractivity contribution in [3.63, 3.8) is 0 Å². The summed E-state index contributed by atoms with van der Waals surface area (Å²) in [6.07, 6.45) is 4.47. The molecule has 1 aliphatic rings. The van der Waals surface area contributed by atoms with Crippen molar-refractivity contribution in [3.8, 4) is 11.3 Å². The van der Waals surface area contributed by atoms with Gasteiger partial charge in [0.15, 0.2) is 0 Å². The average molecular weight is 413 g/mol. The lowest BCUT2D eigenvalue weighted by Gasteiger charge is -2.38. The van der Waals surface area contributed by atoms with Crippen LogP contribution in [0.1, 0.15) is 49.9 Å². The molecule has 0 bridgehead atoms. The maximum absolute atomic E-state index is 13.4. The third kappa shape index (κ3) is 5.34. The van der Waals surface area contributed by atoms with Gasteiger partial charge in [0.2, 0.25) is 0 Å². The van der Waals surface area contributed by atoms with Crippen LogP contribution >= 0.6 is 0 Å². The van der Waals surface area contributed by atoms with Crippen LogP contribution < -0.4 is 10.6 Å². The van der Waals surface area contributed by atoms with E-state index in [2.05, 4.69) is 15.6 Å². The molecule has 30 heavy (non-hydrogen) atoms. The maximum Gasteiger partial charge on any atom is 0.407 e. The van der Waals surface area contributed by atoms with Gasteiger partial charge >= 0.3 is 6.09 Å².